The first kappa shape index (κ1) is 19.6. The molecule has 0 aromatic rings. The van der Waals surface area contributed by atoms with Crippen molar-refractivity contribution in [2.75, 3.05) is 50.8 Å². The molecule has 3 heteroatoms. The topological polar surface area (TPSA) is 6.48 Å². The number of hydrogen-bond donors (Lipinski definition) is 0. The molecule has 2 saturated heterocycles. The molecule has 0 N–H and O–H groups in total. The minimum absolute atomic E-state index is 0.507. The van der Waals surface area contributed by atoms with Crippen LogP contribution < -0.4 is 0 Å². The molecular weight excluding hydrogens is 300 g/mol. The average molecular weight is 341 g/mol. The first-order chi connectivity index (χ1) is 11.0. The van der Waals surface area contributed by atoms with Crippen LogP contribution in [0.3, 0.4) is 0 Å². The van der Waals surface area contributed by atoms with Gasteiger partial charge in [-0.3, -0.25) is 0 Å². The van der Waals surface area contributed by atoms with Crippen LogP contribution in [-0.4, -0.2) is 60.6 Å². The van der Waals surface area contributed by atoms with Crippen LogP contribution in [-0.2, 0) is 0 Å². The largest absolute Gasteiger partial charge is 0.303 e. The van der Waals surface area contributed by atoms with E-state index in [9.17, 15) is 0 Å². The van der Waals surface area contributed by atoms with Crippen molar-refractivity contribution in [3.63, 3.8) is 0 Å². The Morgan fingerprint density at radius 2 is 1.52 bits per heavy atom. The molecule has 0 spiro atoms. The fourth-order valence-corrected chi connectivity index (χ4v) is 4.90. The molecule has 0 amide bonds. The van der Waals surface area contributed by atoms with Crippen LogP contribution in [0.2, 0.25) is 0 Å². The molecule has 0 aromatic heterocycles. The predicted octanol–water partition coefficient (Wildman–Crippen LogP) is 4.60. The molecule has 0 saturated carbocycles. The van der Waals surface area contributed by atoms with E-state index < -0.39 is 0 Å². The smallest absolute Gasteiger partial charge is 0.00106 e. The minimum Gasteiger partial charge on any atom is -0.303 e. The Morgan fingerprint density at radius 1 is 0.913 bits per heavy atom. The maximum atomic E-state index is 2.76. The Balaban J connectivity index is 1.58. The first-order valence-electron chi connectivity index (χ1n) is 10.0. The van der Waals surface area contributed by atoms with Gasteiger partial charge in [0.05, 0.1) is 0 Å². The van der Waals surface area contributed by atoms with Crippen LogP contribution in [0.25, 0.3) is 0 Å². The van der Waals surface area contributed by atoms with Gasteiger partial charge in [0.2, 0.25) is 0 Å². The Labute approximate surface area is 149 Å². The summed E-state index contributed by atoms with van der Waals surface area (Å²) in [7, 11) is 0. The third-order valence-corrected chi connectivity index (χ3v) is 6.99. The monoisotopic (exact) mass is 340 g/mol. The van der Waals surface area contributed by atoms with Crippen LogP contribution in [0.1, 0.15) is 59.8 Å². The van der Waals surface area contributed by atoms with Gasteiger partial charge in [0.25, 0.3) is 0 Å². The molecule has 0 aliphatic carbocycles. The van der Waals surface area contributed by atoms with E-state index in [-0.39, 0.29) is 0 Å². The third-order valence-electron chi connectivity index (χ3n) is 6.00. The van der Waals surface area contributed by atoms with Crippen LogP contribution in [0, 0.1) is 17.3 Å². The summed E-state index contributed by atoms with van der Waals surface area (Å²) in [5.41, 5.74) is 0.507. The van der Waals surface area contributed by atoms with Crippen molar-refractivity contribution in [2.24, 2.45) is 17.3 Å². The summed E-state index contributed by atoms with van der Waals surface area (Å²) in [6.07, 6.45) is 7.07. The highest BCUT2D eigenvalue weighted by Crippen LogP contribution is 2.34. The lowest BCUT2D eigenvalue weighted by atomic mass is 9.75. The van der Waals surface area contributed by atoms with Crippen molar-refractivity contribution in [1.82, 2.24) is 9.80 Å². The lowest BCUT2D eigenvalue weighted by Crippen LogP contribution is -2.43. The minimum atomic E-state index is 0.507. The van der Waals surface area contributed by atoms with Crippen LogP contribution >= 0.6 is 11.8 Å². The van der Waals surface area contributed by atoms with Crippen LogP contribution in [0.5, 0.6) is 0 Å². The summed E-state index contributed by atoms with van der Waals surface area (Å²) < 4.78 is 0. The number of hydrogen-bond acceptors (Lipinski definition) is 3. The van der Waals surface area contributed by atoms with Gasteiger partial charge < -0.3 is 9.80 Å². The highest BCUT2D eigenvalue weighted by molar-refractivity contribution is 7.99. The Morgan fingerprint density at radius 3 is 2.09 bits per heavy atom. The van der Waals surface area contributed by atoms with Gasteiger partial charge in [-0.1, -0.05) is 27.7 Å². The van der Waals surface area contributed by atoms with Gasteiger partial charge >= 0.3 is 0 Å². The van der Waals surface area contributed by atoms with Crippen molar-refractivity contribution in [3.8, 4) is 0 Å². The van der Waals surface area contributed by atoms with Crippen molar-refractivity contribution >= 4 is 11.8 Å². The van der Waals surface area contributed by atoms with E-state index >= 15 is 0 Å². The average Bonchev–Trinajstić information content (AvgIpc) is 2.53. The van der Waals surface area contributed by atoms with E-state index in [1.165, 1.54) is 82.9 Å². The molecule has 23 heavy (non-hydrogen) atoms. The molecule has 2 nitrogen and oxygen atoms in total. The molecule has 2 heterocycles. The van der Waals surface area contributed by atoms with Gasteiger partial charge in [0.1, 0.15) is 0 Å². The fraction of sp³-hybridized carbons (Fsp3) is 1.00. The number of thioether (sulfide) groups is 1. The zero-order valence-corrected chi connectivity index (χ0v) is 17.0. The van der Waals surface area contributed by atoms with E-state index in [0.717, 1.165) is 11.8 Å². The molecule has 2 rings (SSSR count). The molecule has 136 valence electrons. The standard InChI is InChI=1S/C20H40N2S/c1-5-23-16-6-11-21-12-7-18(8-13-21)17-22-14-9-19(10-15-22)20(2,3)4/h18-19H,5-17H2,1-4H3. The van der Waals surface area contributed by atoms with Gasteiger partial charge in [0, 0.05) is 6.54 Å². The summed E-state index contributed by atoms with van der Waals surface area (Å²) in [6.45, 7) is 17.6. The van der Waals surface area contributed by atoms with Crippen molar-refractivity contribution in [1.29, 1.82) is 0 Å². The van der Waals surface area contributed by atoms with Crippen molar-refractivity contribution in [3.05, 3.63) is 0 Å². The molecule has 2 fully saturated rings. The molecule has 0 aromatic carbocycles. The lowest BCUT2D eigenvalue weighted by molar-refractivity contribution is 0.0847. The highest BCUT2D eigenvalue weighted by atomic mass is 32.2. The molecule has 0 atom stereocenters. The second kappa shape index (κ2) is 9.68. The third kappa shape index (κ3) is 6.96. The van der Waals surface area contributed by atoms with Crippen LogP contribution in [0.4, 0.5) is 0 Å². The number of nitrogens with zero attached hydrogens (tertiary/aromatic N) is 2. The number of rotatable bonds is 7. The van der Waals surface area contributed by atoms with E-state index in [4.69, 9.17) is 0 Å². The van der Waals surface area contributed by atoms with E-state index in [1.54, 1.807) is 0 Å². The van der Waals surface area contributed by atoms with Crippen molar-refractivity contribution < 1.29 is 0 Å². The molecule has 0 unspecified atom stereocenters. The summed E-state index contributed by atoms with van der Waals surface area (Å²) in [5, 5.41) is 0. The Kier molecular flexibility index (Phi) is 8.24. The van der Waals surface area contributed by atoms with Gasteiger partial charge in [0.15, 0.2) is 0 Å². The molecule has 0 radical (unpaired) electrons. The second-order valence-corrected chi connectivity index (χ2v) is 10.2. The van der Waals surface area contributed by atoms with Crippen molar-refractivity contribution in [2.45, 2.75) is 59.8 Å². The second-order valence-electron chi connectivity index (χ2n) is 8.78. The number of piperidine rings is 2. The highest BCUT2D eigenvalue weighted by Gasteiger charge is 2.30. The molecule has 2 aliphatic heterocycles. The Bertz CT molecular complexity index is 310. The van der Waals surface area contributed by atoms with Gasteiger partial charge in [-0.25, -0.2) is 0 Å². The lowest BCUT2D eigenvalue weighted by Gasteiger charge is -2.41. The zero-order chi connectivity index (χ0) is 16.7. The van der Waals surface area contributed by atoms with Gasteiger partial charge in [-0.05, 0) is 93.6 Å². The predicted molar refractivity (Wildman–Crippen MR) is 105 cm³/mol. The SMILES string of the molecule is CCSCCCN1CCC(CN2CCC(C(C)(C)C)CC2)CC1. The first-order valence-corrected chi connectivity index (χ1v) is 11.2. The van der Waals surface area contributed by atoms with Gasteiger partial charge in [-0.15, -0.1) is 0 Å². The molecule has 0 bridgehead atoms. The summed E-state index contributed by atoms with van der Waals surface area (Å²) >= 11 is 2.09. The van der Waals surface area contributed by atoms with Crippen LogP contribution in [0.15, 0.2) is 0 Å². The van der Waals surface area contributed by atoms with Gasteiger partial charge in [-0.2, -0.15) is 11.8 Å². The summed E-state index contributed by atoms with van der Waals surface area (Å²) in [4.78, 5) is 5.47. The Hall–Kier alpha value is 0.270. The summed E-state index contributed by atoms with van der Waals surface area (Å²) in [5.74, 6) is 4.51. The maximum absolute atomic E-state index is 2.76. The maximum Gasteiger partial charge on any atom is 0.00106 e. The normalized spacial score (nSPS) is 23.5. The fourth-order valence-electron chi connectivity index (χ4n) is 4.27. The molecular formula is C20H40N2S. The number of likely N-dealkylation sites (tertiary alicyclic amines) is 2. The van der Waals surface area contributed by atoms with E-state index in [2.05, 4.69) is 49.3 Å². The summed E-state index contributed by atoms with van der Waals surface area (Å²) in [6, 6.07) is 0. The quantitative estimate of drug-likeness (QED) is 0.625. The van der Waals surface area contributed by atoms with E-state index in [1.807, 2.05) is 0 Å². The zero-order valence-electron chi connectivity index (χ0n) is 16.1. The molecule has 2 aliphatic rings. The van der Waals surface area contributed by atoms with E-state index in [0.29, 0.717) is 5.41 Å².